The Morgan fingerprint density at radius 3 is 2.52 bits per heavy atom. The summed E-state index contributed by atoms with van der Waals surface area (Å²) < 4.78 is 19.8. The summed E-state index contributed by atoms with van der Waals surface area (Å²) in [7, 11) is 0. The second-order valence-corrected chi connectivity index (χ2v) is 8.83. The molecule has 5 heteroatoms. The molecule has 4 nitrogen and oxygen atoms in total. The number of hydrogen-bond donors (Lipinski definition) is 0. The normalized spacial score (nSPS) is 28.4. The first-order valence-electron chi connectivity index (χ1n) is 10.9. The molecule has 2 unspecified atom stereocenters. The minimum Gasteiger partial charge on any atom is -0.395 e. The van der Waals surface area contributed by atoms with Crippen molar-refractivity contribution in [1.29, 1.82) is 0 Å². The molecule has 1 saturated carbocycles. The van der Waals surface area contributed by atoms with Crippen LogP contribution in [0, 0.1) is 11.7 Å². The number of oxime groups is 1. The third kappa shape index (κ3) is 4.89. The third-order valence-corrected chi connectivity index (χ3v) is 6.34. The van der Waals surface area contributed by atoms with Crippen molar-refractivity contribution < 1.29 is 14.0 Å². The first-order chi connectivity index (χ1) is 13.8. The Labute approximate surface area is 174 Å². The lowest BCUT2D eigenvalue weighted by Crippen LogP contribution is -2.60. The van der Waals surface area contributed by atoms with Crippen LogP contribution < -0.4 is 0 Å². The molecule has 0 aromatic heterocycles. The molecule has 3 aliphatic rings. The molecular formula is C24H35FN2O2. The number of fused-ring (bicyclic) bond motifs is 3. The fraction of sp³-hybridized carbons (Fsp3) is 0.625. The van der Waals surface area contributed by atoms with E-state index in [2.05, 4.69) is 50.8 Å². The van der Waals surface area contributed by atoms with Crippen LogP contribution in [-0.2, 0) is 9.57 Å². The molecule has 0 radical (unpaired) electrons. The average molecular weight is 403 g/mol. The number of rotatable bonds is 8. The van der Waals surface area contributed by atoms with Gasteiger partial charge in [0.25, 0.3) is 0 Å². The Kier molecular flexibility index (Phi) is 6.79. The van der Waals surface area contributed by atoms with Crippen molar-refractivity contribution >= 4 is 11.8 Å². The molecule has 2 heterocycles. The SMILES string of the molecule is CCN(CC)CCCO/N=C1/C(=C/c2ccc(F)cc2)C2CCC1(C)OC2(C)C. The zero-order valence-electron chi connectivity index (χ0n) is 18.5. The molecule has 0 N–H and O–H groups in total. The van der Waals surface area contributed by atoms with Crippen LogP contribution in [0.25, 0.3) is 6.08 Å². The van der Waals surface area contributed by atoms with Crippen molar-refractivity contribution in [2.24, 2.45) is 11.1 Å². The van der Waals surface area contributed by atoms with Gasteiger partial charge in [0, 0.05) is 12.5 Å². The molecule has 29 heavy (non-hydrogen) atoms. The van der Waals surface area contributed by atoms with Crippen LogP contribution >= 0.6 is 0 Å². The van der Waals surface area contributed by atoms with E-state index in [-0.39, 0.29) is 17.3 Å². The van der Waals surface area contributed by atoms with Gasteiger partial charge in [0.2, 0.25) is 0 Å². The molecule has 1 aromatic rings. The fourth-order valence-electron chi connectivity index (χ4n) is 4.70. The van der Waals surface area contributed by atoms with Gasteiger partial charge >= 0.3 is 0 Å². The van der Waals surface area contributed by atoms with Crippen molar-refractivity contribution in [2.45, 2.75) is 65.1 Å². The first kappa shape index (κ1) is 22.0. The molecule has 160 valence electrons. The summed E-state index contributed by atoms with van der Waals surface area (Å²) in [5.74, 6) is 0.0192. The van der Waals surface area contributed by atoms with E-state index in [0.717, 1.165) is 55.7 Å². The Hall–Kier alpha value is -1.72. The van der Waals surface area contributed by atoms with E-state index < -0.39 is 5.60 Å². The van der Waals surface area contributed by atoms with Crippen LogP contribution in [0.15, 0.2) is 35.0 Å². The number of nitrogens with zero attached hydrogens (tertiary/aromatic N) is 2. The molecule has 1 aliphatic carbocycles. The molecule has 2 aliphatic heterocycles. The van der Waals surface area contributed by atoms with Gasteiger partial charge in [-0.25, -0.2) is 4.39 Å². The van der Waals surface area contributed by atoms with E-state index in [4.69, 9.17) is 9.57 Å². The number of hydrogen-bond acceptors (Lipinski definition) is 4. The first-order valence-corrected chi connectivity index (χ1v) is 10.9. The van der Waals surface area contributed by atoms with Gasteiger partial charge in [-0.1, -0.05) is 31.1 Å². The monoisotopic (exact) mass is 402 g/mol. The van der Waals surface area contributed by atoms with Crippen LogP contribution in [0.3, 0.4) is 0 Å². The van der Waals surface area contributed by atoms with Crippen molar-refractivity contribution in [3.8, 4) is 0 Å². The lowest BCUT2D eigenvalue weighted by molar-refractivity contribution is -0.165. The predicted octanol–water partition coefficient (Wildman–Crippen LogP) is 5.29. The van der Waals surface area contributed by atoms with Gasteiger partial charge in [0.1, 0.15) is 23.7 Å². The predicted molar refractivity (Wildman–Crippen MR) is 116 cm³/mol. The van der Waals surface area contributed by atoms with Crippen LogP contribution in [-0.4, -0.2) is 48.1 Å². The second kappa shape index (κ2) is 8.97. The Morgan fingerprint density at radius 2 is 1.90 bits per heavy atom. The zero-order valence-corrected chi connectivity index (χ0v) is 18.5. The Bertz CT molecular complexity index is 753. The fourth-order valence-corrected chi connectivity index (χ4v) is 4.70. The maximum absolute atomic E-state index is 13.3. The van der Waals surface area contributed by atoms with E-state index in [1.54, 1.807) is 0 Å². The van der Waals surface area contributed by atoms with Crippen molar-refractivity contribution in [3.63, 3.8) is 0 Å². The highest BCUT2D eigenvalue weighted by molar-refractivity contribution is 6.10. The summed E-state index contributed by atoms with van der Waals surface area (Å²) in [5, 5.41) is 4.58. The standard InChI is InChI=1S/C24H35FN2O2/c1-6-27(7-2)15-8-16-28-26-22-20(17-18-9-11-19(25)12-10-18)21-13-14-24(22,5)29-23(21,3)4/h9-12,17,21H,6-8,13-16H2,1-5H3/b20-17+,26-22-. The Morgan fingerprint density at radius 1 is 1.21 bits per heavy atom. The van der Waals surface area contributed by atoms with Crippen molar-refractivity contribution in [3.05, 3.63) is 41.2 Å². The van der Waals surface area contributed by atoms with E-state index >= 15 is 0 Å². The van der Waals surface area contributed by atoms with Crippen LogP contribution in [0.4, 0.5) is 4.39 Å². The number of ether oxygens (including phenoxy) is 1. The van der Waals surface area contributed by atoms with Crippen LogP contribution in [0.1, 0.15) is 59.4 Å². The summed E-state index contributed by atoms with van der Waals surface area (Å²) in [6.07, 6.45) is 5.06. The third-order valence-electron chi connectivity index (χ3n) is 6.34. The summed E-state index contributed by atoms with van der Waals surface area (Å²) in [6, 6.07) is 6.61. The molecular weight excluding hydrogens is 367 g/mol. The van der Waals surface area contributed by atoms with E-state index in [1.807, 2.05) is 12.1 Å². The van der Waals surface area contributed by atoms with Gasteiger partial charge in [-0.05, 0) is 82.5 Å². The summed E-state index contributed by atoms with van der Waals surface area (Å²) in [5.41, 5.74) is 2.30. The van der Waals surface area contributed by atoms with Crippen LogP contribution in [0.2, 0.25) is 0 Å². The molecule has 2 atom stereocenters. The molecule has 0 amide bonds. The van der Waals surface area contributed by atoms with Gasteiger partial charge in [-0.15, -0.1) is 0 Å². The molecule has 4 rings (SSSR count). The minimum atomic E-state index is -0.455. The van der Waals surface area contributed by atoms with E-state index in [9.17, 15) is 4.39 Å². The lowest BCUT2D eigenvalue weighted by Gasteiger charge is -2.55. The average Bonchev–Trinajstić information content (AvgIpc) is 2.67. The van der Waals surface area contributed by atoms with Crippen LogP contribution in [0.5, 0.6) is 0 Å². The maximum Gasteiger partial charge on any atom is 0.123 e. The number of benzene rings is 1. The van der Waals surface area contributed by atoms with Crippen molar-refractivity contribution in [1.82, 2.24) is 4.90 Å². The van der Waals surface area contributed by atoms with E-state index in [0.29, 0.717) is 6.61 Å². The summed E-state index contributed by atoms with van der Waals surface area (Å²) >= 11 is 0. The molecule has 2 saturated heterocycles. The topological polar surface area (TPSA) is 34.1 Å². The second-order valence-electron chi connectivity index (χ2n) is 8.83. The van der Waals surface area contributed by atoms with Gasteiger partial charge in [0.15, 0.2) is 0 Å². The van der Waals surface area contributed by atoms with Gasteiger partial charge in [-0.2, -0.15) is 0 Å². The Balaban J connectivity index is 1.81. The highest BCUT2D eigenvalue weighted by Crippen LogP contribution is 2.51. The molecule has 0 spiro atoms. The van der Waals surface area contributed by atoms with Gasteiger partial charge in [0.05, 0.1) is 5.60 Å². The maximum atomic E-state index is 13.3. The molecule has 1 aromatic carbocycles. The number of halogens is 1. The zero-order chi connectivity index (χ0) is 21.1. The van der Waals surface area contributed by atoms with E-state index in [1.165, 1.54) is 12.1 Å². The highest BCUT2D eigenvalue weighted by atomic mass is 19.1. The highest BCUT2D eigenvalue weighted by Gasteiger charge is 2.55. The molecule has 3 fully saturated rings. The molecule has 2 bridgehead atoms. The largest absolute Gasteiger partial charge is 0.395 e. The minimum absolute atomic E-state index is 0.224. The quantitative estimate of drug-likeness (QED) is 0.438. The van der Waals surface area contributed by atoms with Gasteiger partial charge in [-0.3, -0.25) is 0 Å². The van der Waals surface area contributed by atoms with Crippen molar-refractivity contribution in [2.75, 3.05) is 26.2 Å². The lowest BCUT2D eigenvalue weighted by atomic mass is 9.64. The van der Waals surface area contributed by atoms with Gasteiger partial charge < -0.3 is 14.5 Å². The summed E-state index contributed by atoms with van der Waals surface area (Å²) in [4.78, 5) is 8.15. The smallest absolute Gasteiger partial charge is 0.123 e. The summed E-state index contributed by atoms with van der Waals surface area (Å²) in [6.45, 7) is 14.5.